The predicted octanol–water partition coefficient (Wildman–Crippen LogP) is 1.90. The molecule has 1 fully saturated rings. The lowest BCUT2D eigenvalue weighted by Gasteiger charge is -2.30. The number of anilines is 3. The maximum absolute atomic E-state index is 12.8. The molecule has 0 radical (unpaired) electrons. The second-order valence-electron chi connectivity index (χ2n) is 7.51. The molecule has 10 nitrogen and oxygen atoms in total. The highest BCUT2D eigenvalue weighted by Crippen LogP contribution is 2.31. The molecule has 0 unspecified atom stereocenters. The van der Waals surface area contributed by atoms with Gasteiger partial charge in [-0.3, -0.25) is 19.5 Å². The molecule has 1 saturated heterocycles. The van der Waals surface area contributed by atoms with E-state index in [9.17, 15) is 9.59 Å². The number of carbonyl (C=O) groups is 2. The van der Waals surface area contributed by atoms with Crippen LogP contribution in [0.1, 0.15) is 26.4 Å². The predicted molar refractivity (Wildman–Crippen MR) is 117 cm³/mol. The highest BCUT2D eigenvalue weighted by Gasteiger charge is 2.32. The van der Waals surface area contributed by atoms with Gasteiger partial charge in [0.1, 0.15) is 12.0 Å². The van der Waals surface area contributed by atoms with Crippen LogP contribution in [-0.2, 0) is 6.54 Å². The van der Waals surface area contributed by atoms with Crippen LogP contribution < -0.4 is 25.2 Å². The standard InChI is InChI=1S/C22H22N6O4/c1-31-15-3-2-14-12-28(21(30)16(14)10-15)22-26-18(13-32-22)20(29)25-17-11-24-5-4-19(17)27-8-6-23-7-9-27/h2-5,10-11,13,23H,6-9,12H2,1H3,(H,25,29). The smallest absolute Gasteiger partial charge is 0.305 e. The first-order valence-corrected chi connectivity index (χ1v) is 10.3. The van der Waals surface area contributed by atoms with Crippen molar-refractivity contribution in [1.29, 1.82) is 0 Å². The molecule has 2 amide bonds. The second-order valence-corrected chi connectivity index (χ2v) is 7.51. The number of aromatic nitrogens is 2. The molecule has 10 heteroatoms. The summed E-state index contributed by atoms with van der Waals surface area (Å²) < 4.78 is 10.7. The number of piperazine rings is 1. The summed E-state index contributed by atoms with van der Waals surface area (Å²) in [5, 5.41) is 6.18. The molecule has 0 aliphatic carbocycles. The first-order valence-electron chi connectivity index (χ1n) is 10.3. The molecule has 0 saturated carbocycles. The Bertz CT molecular complexity index is 1170. The topological polar surface area (TPSA) is 113 Å². The Morgan fingerprint density at radius 1 is 1.25 bits per heavy atom. The summed E-state index contributed by atoms with van der Waals surface area (Å²) in [6.07, 6.45) is 4.57. The highest BCUT2D eigenvalue weighted by atomic mass is 16.5. The number of fused-ring (bicyclic) bond motifs is 1. The summed E-state index contributed by atoms with van der Waals surface area (Å²) in [5.41, 5.74) is 2.95. The summed E-state index contributed by atoms with van der Waals surface area (Å²) in [6.45, 7) is 3.74. The van der Waals surface area contributed by atoms with Gasteiger partial charge in [0, 0.05) is 37.9 Å². The van der Waals surface area contributed by atoms with Gasteiger partial charge in [-0.25, -0.2) is 0 Å². The highest BCUT2D eigenvalue weighted by molar-refractivity contribution is 6.10. The Hall–Kier alpha value is -3.92. The van der Waals surface area contributed by atoms with Crippen LogP contribution in [0.5, 0.6) is 5.75 Å². The lowest BCUT2D eigenvalue weighted by atomic mass is 10.1. The number of rotatable bonds is 5. The zero-order chi connectivity index (χ0) is 22.1. The zero-order valence-corrected chi connectivity index (χ0v) is 17.5. The van der Waals surface area contributed by atoms with E-state index in [2.05, 4.69) is 25.5 Å². The summed E-state index contributed by atoms with van der Waals surface area (Å²) in [5.74, 6) is -0.0839. The van der Waals surface area contributed by atoms with Crippen molar-refractivity contribution in [1.82, 2.24) is 15.3 Å². The van der Waals surface area contributed by atoms with Gasteiger partial charge in [0.15, 0.2) is 5.69 Å². The van der Waals surface area contributed by atoms with Crippen molar-refractivity contribution in [2.75, 3.05) is 48.4 Å². The summed E-state index contributed by atoms with van der Waals surface area (Å²) in [6, 6.07) is 7.28. The van der Waals surface area contributed by atoms with E-state index < -0.39 is 5.91 Å². The molecule has 4 heterocycles. The molecule has 2 N–H and O–H groups in total. The molecule has 164 valence electrons. The average Bonchev–Trinajstić information content (AvgIpc) is 3.45. The number of hydrogen-bond acceptors (Lipinski definition) is 8. The Morgan fingerprint density at radius 3 is 2.91 bits per heavy atom. The number of carbonyl (C=O) groups excluding carboxylic acids is 2. The van der Waals surface area contributed by atoms with E-state index in [0.717, 1.165) is 37.4 Å². The Balaban J connectivity index is 1.33. The number of ether oxygens (including phenoxy) is 1. The molecule has 3 aromatic rings. The van der Waals surface area contributed by atoms with E-state index in [0.29, 0.717) is 23.5 Å². The maximum Gasteiger partial charge on any atom is 0.305 e. The van der Waals surface area contributed by atoms with Gasteiger partial charge in [-0.1, -0.05) is 6.07 Å². The fraction of sp³-hybridized carbons (Fsp3) is 0.273. The molecule has 32 heavy (non-hydrogen) atoms. The van der Waals surface area contributed by atoms with Crippen LogP contribution in [0.25, 0.3) is 0 Å². The second kappa shape index (κ2) is 8.31. The lowest BCUT2D eigenvalue weighted by Crippen LogP contribution is -2.43. The van der Waals surface area contributed by atoms with Crippen LogP contribution in [0.3, 0.4) is 0 Å². The van der Waals surface area contributed by atoms with Gasteiger partial charge in [0.05, 0.1) is 31.2 Å². The normalized spacial score (nSPS) is 15.6. The largest absolute Gasteiger partial charge is 0.497 e. The van der Waals surface area contributed by atoms with Crippen molar-refractivity contribution in [2.24, 2.45) is 0 Å². The number of nitrogens with one attached hydrogen (secondary N) is 2. The van der Waals surface area contributed by atoms with Crippen LogP contribution >= 0.6 is 0 Å². The minimum absolute atomic E-state index is 0.0730. The molecule has 5 rings (SSSR count). The number of amides is 2. The average molecular weight is 434 g/mol. The van der Waals surface area contributed by atoms with Gasteiger partial charge in [0.2, 0.25) is 0 Å². The Kier molecular flexibility index (Phi) is 5.20. The number of methoxy groups -OCH3 is 1. The Labute approximate surface area is 184 Å². The van der Waals surface area contributed by atoms with Gasteiger partial charge in [-0.15, -0.1) is 0 Å². The molecule has 2 aliphatic heterocycles. The SMILES string of the molecule is COc1ccc2c(c1)C(=O)N(c1nc(C(=O)Nc3cnccc3N3CCNCC3)co1)C2. The van der Waals surface area contributed by atoms with E-state index >= 15 is 0 Å². The van der Waals surface area contributed by atoms with Crippen molar-refractivity contribution in [3.8, 4) is 5.75 Å². The van der Waals surface area contributed by atoms with E-state index in [-0.39, 0.29) is 17.6 Å². The van der Waals surface area contributed by atoms with Gasteiger partial charge >= 0.3 is 6.01 Å². The number of nitrogens with zero attached hydrogens (tertiary/aromatic N) is 4. The van der Waals surface area contributed by atoms with Crippen molar-refractivity contribution in [3.05, 3.63) is 59.7 Å². The lowest BCUT2D eigenvalue weighted by molar-refractivity contribution is 0.0988. The minimum Gasteiger partial charge on any atom is -0.497 e. The van der Waals surface area contributed by atoms with Gasteiger partial charge in [-0.2, -0.15) is 4.98 Å². The first-order chi connectivity index (χ1) is 15.6. The minimum atomic E-state index is -0.435. The van der Waals surface area contributed by atoms with Crippen LogP contribution in [0.15, 0.2) is 47.3 Å². The van der Waals surface area contributed by atoms with Crippen molar-refractivity contribution < 1.29 is 18.7 Å². The van der Waals surface area contributed by atoms with Crippen LogP contribution in [0, 0.1) is 0 Å². The van der Waals surface area contributed by atoms with Crippen LogP contribution in [0.2, 0.25) is 0 Å². The molecule has 0 atom stereocenters. The third kappa shape index (κ3) is 3.65. The number of benzene rings is 1. The first kappa shape index (κ1) is 20.0. The molecular formula is C22H22N6O4. The van der Waals surface area contributed by atoms with Crippen molar-refractivity contribution >= 4 is 29.2 Å². The summed E-state index contributed by atoms with van der Waals surface area (Å²) in [7, 11) is 1.55. The van der Waals surface area contributed by atoms with E-state index in [1.54, 1.807) is 31.6 Å². The van der Waals surface area contributed by atoms with Gasteiger partial charge < -0.3 is 24.7 Å². The monoisotopic (exact) mass is 434 g/mol. The number of pyridine rings is 1. The zero-order valence-electron chi connectivity index (χ0n) is 17.5. The quantitative estimate of drug-likeness (QED) is 0.626. The summed E-state index contributed by atoms with van der Waals surface area (Å²) >= 11 is 0. The molecule has 0 bridgehead atoms. The van der Waals surface area contributed by atoms with Gasteiger partial charge in [-0.05, 0) is 23.8 Å². The molecule has 2 aliphatic rings. The van der Waals surface area contributed by atoms with Crippen LogP contribution in [0.4, 0.5) is 17.4 Å². The fourth-order valence-corrected chi connectivity index (χ4v) is 3.91. The molecular weight excluding hydrogens is 412 g/mol. The van der Waals surface area contributed by atoms with E-state index in [4.69, 9.17) is 9.15 Å². The molecule has 1 aromatic carbocycles. The third-order valence-corrected chi connectivity index (χ3v) is 5.58. The molecule has 0 spiro atoms. The van der Waals surface area contributed by atoms with Crippen molar-refractivity contribution in [3.63, 3.8) is 0 Å². The Morgan fingerprint density at radius 2 is 2.09 bits per heavy atom. The number of oxazole rings is 1. The molecule has 2 aromatic heterocycles. The number of hydrogen-bond donors (Lipinski definition) is 2. The van der Waals surface area contributed by atoms with E-state index in [1.807, 2.05) is 12.1 Å². The fourth-order valence-electron chi connectivity index (χ4n) is 3.91. The van der Waals surface area contributed by atoms with Crippen molar-refractivity contribution in [2.45, 2.75) is 6.54 Å². The maximum atomic E-state index is 12.8. The summed E-state index contributed by atoms with van der Waals surface area (Å²) in [4.78, 5) is 37.6. The van der Waals surface area contributed by atoms with Gasteiger partial charge in [0.25, 0.3) is 11.8 Å². The van der Waals surface area contributed by atoms with E-state index in [1.165, 1.54) is 11.2 Å². The van der Waals surface area contributed by atoms with Crippen LogP contribution in [-0.4, -0.2) is 55.1 Å². The third-order valence-electron chi connectivity index (χ3n) is 5.58.